The molecule has 1 fully saturated rings. The number of hydrogen-bond donors (Lipinski definition) is 2. The van der Waals surface area contributed by atoms with Crippen molar-refractivity contribution in [2.45, 2.75) is 12.8 Å². The van der Waals surface area contributed by atoms with Crippen LogP contribution in [0.4, 0.5) is 0 Å². The minimum atomic E-state index is -0.653. The lowest BCUT2D eigenvalue weighted by Crippen LogP contribution is -2.49. The van der Waals surface area contributed by atoms with Crippen molar-refractivity contribution >= 4 is 39.6 Å². The fourth-order valence-corrected chi connectivity index (χ4v) is 3.33. The summed E-state index contributed by atoms with van der Waals surface area (Å²) < 4.78 is 6.16. The van der Waals surface area contributed by atoms with Gasteiger partial charge in [-0.2, -0.15) is 0 Å². The fraction of sp³-hybridized carbons (Fsp3) is 0.333. The lowest BCUT2D eigenvalue weighted by atomic mass is 9.85. The molecule has 1 saturated heterocycles. The molecular weight excluding hydrogens is 418 g/mol. The van der Waals surface area contributed by atoms with E-state index in [4.69, 9.17) is 4.74 Å². The highest BCUT2D eigenvalue weighted by Gasteiger charge is 2.47. The van der Waals surface area contributed by atoms with Gasteiger partial charge in [0.15, 0.2) is 6.61 Å². The maximum atomic E-state index is 12.3. The highest BCUT2D eigenvalue weighted by molar-refractivity contribution is 9.10. The molecule has 2 atom stereocenters. The van der Waals surface area contributed by atoms with Gasteiger partial charge in [-0.05, 0) is 37.1 Å². The first-order valence-corrected chi connectivity index (χ1v) is 9.21. The van der Waals surface area contributed by atoms with Crippen molar-refractivity contribution in [3.05, 3.63) is 40.9 Å². The normalized spacial score (nSPS) is 21.0. The molecule has 1 aromatic rings. The number of carbonyl (C=O) groups is 4. The number of hydrogen-bond acceptors (Lipinski definition) is 5. The second-order valence-electron chi connectivity index (χ2n) is 6.26. The summed E-state index contributed by atoms with van der Waals surface area (Å²) in [6.45, 7) is -0.710. The Hall–Kier alpha value is -2.68. The second kappa shape index (κ2) is 8.34. The third-order valence-corrected chi connectivity index (χ3v) is 4.95. The van der Waals surface area contributed by atoms with Crippen molar-refractivity contribution < 1.29 is 23.9 Å². The van der Waals surface area contributed by atoms with Crippen LogP contribution in [-0.4, -0.2) is 41.7 Å². The topological polar surface area (TPSA) is 105 Å². The Kier molecular flexibility index (Phi) is 5.90. The highest BCUT2D eigenvalue weighted by Crippen LogP contribution is 2.34. The molecule has 27 heavy (non-hydrogen) atoms. The van der Waals surface area contributed by atoms with E-state index in [1.165, 1.54) is 0 Å². The number of imide groups is 1. The number of rotatable bonds is 5. The molecule has 0 saturated carbocycles. The van der Waals surface area contributed by atoms with Gasteiger partial charge in [-0.1, -0.05) is 28.1 Å². The van der Waals surface area contributed by atoms with Gasteiger partial charge in [-0.15, -0.1) is 0 Å². The first kappa shape index (κ1) is 19.1. The van der Waals surface area contributed by atoms with Crippen LogP contribution in [0.1, 0.15) is 12.8 Å². The van der Waals surface area contributed by atoms with Gasteiger partial charge in [-0.3, -0.25) is 34.9 Å². The number of carbonyl (C=O) groups excluding carboxylic acids is 4. The van der Waals surface area contributed by atoms with Crippen LogP contribution >= 0.6 is 15.9 Å². The predicted octanol–water partition coefficient (Wildman–Crippen LogP) is 0.926. The SMILES string of the molecule is O=C(COc1ccc(Br)cc1)NNC(=O)CN1C(=O)C2CC=CCC2C1=O. The third-order valence-electron chi connectivity index (χ3n) is 4.43. The quantitative estimate of drug-likeness (QED) is 0.406. The minimum Gasteiger partial charge on any atom is -0.484 e. The summed E-state index contributed by atoms with van der Waals surface area (Å²) in [7, 11) is 0. The number of ether oxygens (including phenoxy) is 1. The molecule has 1 heterocycles. The lowest BCUT2D eigenvalue weighted by molar-refractivity contribution is -0.144. The van der Waals surface area contributed by atoms with E-state index in [0.717, 1.165) is 9.37 Å². The third kappa shape index (κ3) is 4.54. The molecule has 3 rings (SSSR count). The van der Waals surface area contributed by atoms with Gasteiger partial charge in [0.2, 0.25) is 11.8 Å². The first-order chi connectivity index (χ1) is 13.0. The maximum absolute atomic E-state index is 12.3. The zero-order valence-electron chi connectivity index (χ0n) is 14.3. The predicted molar refractivity (Wildman–Crippen MR) is 98.0 cm³/mol. The molecule has 0 spiro atoms. The Bertz CT molecular complexity index is 767. The number of hydrazine groups is 1. The lowest BCUT2D eigenvalue weighted by Gasteiger charge is -2.15. The Morgan fingerprint density at radius 1 is 1.00 bits per heavy atom. The van der Waals surface area contributed by atoms with E-state index in [9.17, 15) is 19.2 Å². The highest BCUT2D eigenvalue weighted by atomic mass is 79.9. The van der Waals surface area contributed by atoms with Gasteiger partial charge in [0.05, 0.1) is 11.8 Å². The van der Waals surface area contributed by atoms with Gasteiger partial charge < -0.3 is 4.74 Å². The van der Waals surface area contributed by atoms with E-state index in [2.05, 4.69) is 26.8 Å². The summed E-state index contributed by atoms with van der Waals surface area (Å²) in [5.74, 6) is -2.16. The second-order valence-corrected chi connectivity index (χ2v) is 7.17. The average molecular weight is 436 g/mol. The molecule has 9 heteroatoms. The largest absolute Gasteiger partial charge is 0.484 e. The van der Waals surface area contributed by atoms with Gasteiger partial charge in [0, 0.05) is 4.47 Å². The molecule has 142 valence electrons. The van der Waals surface area contributed by atoms with Gasteiger partial charge in [0.25, 0.3) is 11.8 Å². The summed E-state index contributed by atoms with van der Waals surface area (Å²) in [5, 5.41) is 0. The van der Waals surface area contributed by atoms with E-state index in [-0.39, 0.29) is 30.3 Å². The molecule has 2 unspecified atom stereocenters. The molecule has 0 aromatic heterocycles. The van der Waals surface area contributed by atoms with E-state index in [1.54, 1.807) is 24.3 Å². The number of likely N-dealkylation sites (tertiary alicyclic amines) is 1. The number of allylic oxidation sites excluding steroid dienone is 2. The summed E-state index contributed by atoms with van der Waals surface area (Å²) in [5.41, 5.74) is 4.39. The van der Waals surface area contributed by atoms with Crippen molar-refractivity contribution in [3.63, 3.8) is 0 Å². The molecule has 1 aromatic carbocycles. The molecule has 1 aliphatic carbocycles. The molecule has 4 amide bonds. The zero-order valence-corrected chi connectivity index (χ0v) is 15.9. The van der Waals surface area contributed by atoms with Gasteiger partial charge >= 0.3 is 0 Å². The molecule has 8 nitrogen and oxygen atoms in total. The Balaban J connectivity index is 1.43. The Morgan fingerprint density at radius 2 is 1.56 bits per heavy atom. The molecule has 1 aliphatic heterocycles. The van der Waals surface area contributed by atoms with Crippen molar-refractivity contribution in [3.8, 4) is 5.75 Å². The number of benzene rings is 1. The average Bonchev–Trinajstić information content (AvgIpc) is 2.91. The van der Waals surface area contributed by atoms with E-state index >= 15 is 0 Å². The number of halogens is 1. The monoisotopic (exact) mass is 435 g/mol. The molecule has 2 aliphatic rings. The first-order valence-electron chi connectivity index (χ1n) is 8.42. The van der Waals surface area contributed by atoms with Crippen molar-refractivity contribution in [1.82, 2.24) is 15.8 Å². The van der Waals surface area contributed by atoms with Crippen LogP contribution in [0, 0.1) is 11.8 Å². The standard InChI is InChI=1S/C18H18BrN3O5/c19-11-5-7-12(8-6-11)27-10-16(24)21-20-15(23)9-22-17(25)13-3-1-2-4-14(13)18(22)26/h1-2,5-8,13-14H,3-4,9-10H2,(H,20,23)(H,21,24). The number of amides is 4. The summed E-state index contributed by atoms with van der Waals surface area (Å²) in [6.07, 6.45) is 4.78. The molecule has 2 N–H and O–H groups in total. The Morgan fingerprint density at radius 3 is 2.15 bits per heavy atom. The molecule has 0 radical (unpaired) electrons. The van der Waals surface area contributed by atoms with Crippen LogP contribution in [0.5, 0.6) is 5.75 Å². The van der Waals surface area contributed by atoms with Crippen molar-refractivity contribution in [2.24, 2.45) is 11.8 Å². The van der Waals surface area contributed by atoms with Crippen LogP contribution < -0.4 is 15.6 Å². The van der Waals surface area contributed by atoms with E-state index in [0.29, 0.717) is 18.6 Å². The number of fused-ring (bicyclic) bond motifs is 1. The van der Waals surface area contributed by atoms with E-state index < -0.39 is 18.4 Å². The summed E-state index contributed by atoms with van der Waals surface area (Å²) in [6, 6.07) is 6.92. The minimum absolute atomic E-state index is 0.292. The van der Waals surface area contributed by atoms with Crippen LogP contribution in [0.2, 0.25) is 0 Å². The Labute approximate surface area is 164 Å². The smallest absolute Gasteiger partial charge is 0.276 e. The maximum Gasteiger partial charge on any atom is 0.276 e. The molecular formula is C18H18BrN3O5. The van der Waals surface area contributed by atoms with Crippen LogP contribution in [0.3, 0.4) is 0 Å². The van der Waals surface area contributed by atoms with Crippen LogP contribution in [0.15, 0.2) is 40.9 Å². The summed E-state index contributed by atoms with van der Waals surface area (Å²) in [4.78, 5) is 49.3. The number of nitrogens with one attached hydrogen (secondary N) is 2. The number of nitrogens with zero attached hydrogens (tertiary/aromatic N) is 1. The fourth-order valence-electron chi connectivity index (χ4n) is 3.06. The van der Waals surface area contributed by atoms with Crippen LogP contribution in [0.25, 0.3) is 0 Å². The summed E-state index contributed by atoms with van der Waals surface area (Å²) >= 11 is 3.29. The van der Waals surface area contributed by atoms with E-state index in [1.807, 2.05) is 12.2 Å². The van der Waals surface area contributed by atoms with Gasteiger partial charge in [-0.25, -0.2) is 0 Å². The van der Waals surface area contributed by atoms with Crippen molar-refractivity contribution in [2.75, 3.05) is 13.2 Å². The van der Waals surface area contributed by atoms with Crippen molar-refractivity contribution in [1.29, 1.82) is 0 Å². The van der Waals surface area contributed by atoms with Gasteiger partial charge in [0.1, 0.15) is 12.3 Å². The molecule has 0 bridgehead atoms. The van der Waals surface area contributed by atoms with Crippen LogP contribution in [-0.2, 0) is 19.2 Å². The zero-order chi connectivity index (χ0) is 19.4.